The zero-order valence-corrected chi connectivity index (χ0v) is 20.0. The van der Waals surface area contributed by atoms with Crippen LogP contribution in [0.25, 0.3) is 0 Å². The average Bonchev–Trinajstić information content (AvgIpc) is 2.68. The third kappa shape index (κ3) is 8.58. The first kappa shape index (κ1) is 27.6. The monoisotopic (exact) mass is 588 g/mol. The Bertz CT molecular complexity index is 1050. The van der Waals surface area contributed by atoms with Gasteiger partial charge in [-0.15, -0.1) is 37.1 Å². The molecule has 0 saturated heterocycles. The number of nitrogens with zero attached hydrogens (tertiary/aromatic N) is 3. The van der Waals surface area contributed by atoms with Crippen molar-refractivity contribution in [2.45, 2.75) is 18.2 Å². The van der Waals surface area contributed by atoms with E-state index in [0.717, 1.165) is 36.4 Å². The molecule has 0 unspecified atom stereocenters. The number of ether oxygens (including phenoxy) is 1. The van der Waals surface area contributed by atoms with Gasteiger partial charge in [-0.1, -0.05) is 0 Å². The summed E-state index contributed by atoms with van der Waals surface area (Å²) in [5.74, 6) is 0.136. The SMILES string of the molecule is CC(=Nc1ccc(OC(F)(F)F)cc1)N(C)CCNS(=O)(=O)c1ccc([N+](=O)[O-])cc1.I. The van der Waals surface area contributed by atoms with Gasteiger partial charge in [0.05, 0.1) is 15.5 Å². The van der Waals surface area contributed by atoms with E-state index in [1.165, 1.54) is 12.1 Å². The average molecular weight is 588 g/mol. The third-order valence-electron chi connectivity index (χ3n) is 4.01. The Kier molecular flexibility index (Phi) is 9.84. The molecule has 0 spiro atoms. The fourth-order valence-electron chi connectivity index (χ4n) is 2.33. The number of halogens is 4. The minimum absolute atomic E-state index is 0. The fourth-order valence-corrected chi connectivity index (χ4v) is 3.36. The molecule has 0 heterocycles. The number of hydrogen-bond acceptors (Lipinski definition) is 6. The number of rotatable bonds is 8. The van der Waals surface area contributed by atoms with Crippen molar-refractivity contribution in [1.82, 2.24) is 9.62 Å². The molecule has 0 aliphatic rings. The maximum Gasteiger partial charge on any atom is 0.573 e. The van der Waals surface area contributed by atoms with Crippen molar-refractivity contribution in [2.75, 3.05) is 20.1 Å². The van der Waals surface area contributed by atoms with Crippen molar-refractivity contribution in [3.8, 4) is 5.75 Å². The first-order valence-electron chi connectivity index (χ1n) is 8.74. The van der Waals surface area contributed by atoms with Crippen LogP contribution < -0.4 is 9.46 Å². The Hall–Kier alpha value is -2.46. The van der Waals surface area contributed by atoms with Crippen molar-refractivity contribution in [1.29, 1.82) is 0 Å². The number of nitro groups is 1. The lowest BCUT2D eigenvalue weighted by Gasteiger charge is -2.19. The molecule has 0 aliphatic heterocycles. The van der Waals surface area contributed by atoms with Crippen LogP contribution in [0.2, 0.25) is 0 Å². The van der Waals surface area contributed by atoms with Crippen LogP contribution in [0.5, 0.6) is 5.75 Å². The van der Waals surface area contributed by atoms with E-state index in [-0.39, 0.29) is 53.4 Å². The quantitative estimate of drug-likeness (QED) is 0.164. The van der Waals surface area contributed by atoms with E-state index < -0.39 is 21.3 Å². The van der Waals surface area contributed by atoms with Crippen LogP contribution in [0.15, 0.2) is 58.4 Å². The Morgan fingerprint density at radius 2 is 1.72 bits per heavy atom. The molecular weight excluding hydrogens is 568 g/mol. The summed E-state index contributed by atoms with van der Waals surface area (Å²) < 4.78 is 67.3. The Balaban J connectivity index is 0.00000512. The summed E-state index contributed by atoms with van der Waals surface area (Å²) in [6, 6.07) is 9.47. The Morgan fingerprint density at radius 3 is 2.22 bits per heavy atom. The number of benzene rings is 2. The largest absolute Gasteiger partial charge is 0.573 e. The predicted octanol–water partition coefficient (Wildman–Crippen LogP) is 4.07. The predicted molar refractivity (Wildman–Crippen MR) is 122 cm³/mol. The first-order chi connectivity index (χ1) is 14.4. The lowest BCUT2D eigenvalue weighted by Crippen LogP contribution is -2.35. The van der Waals surface area contributed by atoms with E-state index in [9.17, 15) is 31.7 Å². The van der Waals surface area contributed by atoms with E-state index in [2.05, 4.69) is 14.5 Å². The van der Waals surface area contributed by atoms with Crippen molar-refractivity contribution >= 4 is 51.2 Å². The van der Waals surface area contributed by atoms with Crippen molar-refractivity contribution in [2.24, 2.45) is 4.99 Å². The summed E-state index contributed by atoms with van der Waals surface area (Å²) >= 11 is 0. The van der Waals surface area contributed by atoms with Crippen molar-refractivity contribution < 1.29 is 31.2 Å². The molecule has 1 N–H and O–H groups in total. The molecule has 2 rings (SSSR count). The summed E-state index contributed by atoms with van der Waals surface area (Å²) in [5, 5.41) is 10.6. The van der Waals surface area contributed by atoms with Crippen LogP contribution in [-0.2, 0) is 10.0 Å². The molecule has 0 fully saturated rings. The van der Waals surface area contributed by atoms with Gasteiger partial charge < -0.3 is 9.64 Å². The van der Waals surface area contributed by atoms with Crippen LogP contribution >= 0.6 is 24.0 Å². The van der Waals surface area contributed by atoms with E-state index >= 15 is 0 Å². The lowest BCUT2D eigenvalue weighted by atomic mass is 10.3. The normalized spacial score (nSPS) is 12.1. The number of alkyl halides is 3. The molecule has 2 aromatic rings. The van der Waals surface area contributed by atoms with E-state index in [1.807, 2.05) is 0 Å². The topological polar surface area (TPSA) is 114 Å². The standard InChI is InChI=1S/C18H19F3N4O5S.HI/c1-13(23-14-3-7-16(8-4-14)30-18(19,20)21)24(2)12-11-22-31(28,29)17-9-5-15(6-10-17)25(26)27;/h3-10,22H,11-12H2,1-2H3;1H. The second kappa shape index (κ2) is 11.4. The van der Waals surface area contributed by atoms with Crippen LogP contribution in [0.1, 0.15) is 6.92 Å². The molecule has 176 valence electrons. The molecular formula is C18H20F3IN4O5S. The molecule has 0 saturated carbocycles. The molecule has 0 bridgehead atoms. The highest BCUT2D eigenvalue weighted by Crippen LogP contribution is 2.25. The van der Waals surface area contributed by atoms with Crippen LogP contribution in [-0.4, -0.2) is 50.6 Å². The minimum Gasteiger partial charge on any atom is -0.406 e. The summed E-state index contributed by atoms with van der Waals surface area (Å²) in [6.07, 6.45) is -4.78. The lowest BCUT2D eigenvalue weighted by molar-refractivity contribution is -0.384. The summed E-state index contributed by atoms with van der Waals surface area (Å²) in [5.41, 5.74) is 0.175. The van der Waals surface area contributed by atoms with Gasteiger partial charge in [-0.3, -0.25) is 10.1 Å². The van der Waals surface area contributed by atoms with Gasteiger partial charge in [-0.2, -0.15) is 0 Å². The Morgan fingerprint density at radius 1 is 1.16 bits per heavy atom. The van der Waals surface area contributed by atoms with Gasteiger partial charge in [-0.05, 0) is 43.3 Å². The number of nitro benzene ring substituents is 1. The van der Waals surface area contributed by atoms with Gasteiger partial charge in [0, 0.05) is 32.3 Å². The van der Waals surface area contributed by atoms with E-state index in [0.29, 0.717) is 11.5 Å². The molecule has 0 aliphatic carbocycles. The summed E-state index contributed by atoms with van der Waals surface area (Å²) in [7, 11) is -2.18. The number of non-ortho nitro benzene ring substituents is 1. The molecule has 14 heteroatoms. The molecule has 0 atom stereocenters. The third-order valence-corrected chi connectivity index (χ3v) is 5.49. The fraction of sp³-hybridized carbons (Fsp3) is 0.278. The second-order valence-electron chi connectivity index (χ2n) is 6.27. The maximum absolute atomic E-state index is 12.3. The highest BCUT2D eigenvalue weighted by atomic mass is 127. The molecule has 0 radical (unpaired) electrons. The molecule has 0 aromatic heterocycles. The number of likely N-dealkylation sites (N-methyl/N-ethyl adjacent to an activating group) is 1. The van der Waals surface area contributed by atoms with Gasteiger partial charge in [0.2, 0.25) is 10.0 Å². The molecule has 32 heavy (non-hydrogen) atoms. The molecule has 9 nitrogen and oxygen atoms in total. The zero-order valence-electron chi connectivity index (χ0n) is 16.9. The van der Waals surface area contributed by atoms with Crippen LogP contribution in [0, 0.1) is 10.1 Å². The number of nitrogens with one attached hydrogen (secondary N) is 1. The van der Waals surface area contributed by atoms with Crippen LogP contribution in [0.4, 0.5) is 24.5 Å². The van der Waals surface area contributed by atoms with Crippen molar-refractivity contribution in [3.63, 3.8) is 0 Å². The van der Waals surface area contributed by atoms with E-state index in [4.69, 9.17) is 0 Å². The van der Waals surface area contributed by atoms with Gasteiger partial charge in [0.15, 0.2) is 0 Å². The minimum atomic E-state index is -4.78. The highest BCUT2D eigenvalue weighted by molar-refractivity contribution is 14.0. The second-order valence-corrected chi connectivity index (χ2v) is 8.04. The molecule has 0 amide bonds. The van der Waals surface area contributed by atoms with Gasteiger partial charge in [0.1, 0.15) is 11.6 Å². The van der Waals surface area contributed by atoms with Crippen molar-refractivity contribution in [3.05, 3.63) is 58.6 Å². The number of amidine groups is 1. The van der Waals surface area contributed by atoms with Gasteiger partial charge >= 0.3 is 6.36 Å². The summed E-state index contributed by atoms with van der Waals surface area (Å²) in [6.45, 7) is 1.93. The van der Waals surface area contributed by atoms with Crippen LogP contribution in [0.3, 0.4) is 0 Å². The zero-order chi connectivity index (χ0) is 23.2. The van der Waals surface area contributed by atoms with Gasteiger partial charge in [-0.25, -0.2) is 18.1 Å². The van der Waals surface area contributed by atoms with Gasteiger partial charge in [0.25, 0.3) is 5.69 Å². The molecule has 2 aromatic carbocycles. The number of aliphatic imine (C=N–C) groups is 1. The van der Waals surface area contributed by atoms with E-state index in [1.54, 1.807) is 18.9 Å². The summed E-state index contributed by atoms with van der Waals surface area (Å²) in [4.78, 5) is 15.8. The first-order valence-corrected chi connectivity index (χ1v) is 10.2. The smallest absolute Gasteiger partial charge is 0.406 e. The highest BCUT2D eigenvalue weighted by Gasteiger charge is 2.30. The maximum atomic E-state index is 12.3. The Labute approximate surface area is 199 Å². The number of hydrogen-bond donors (Lipinski definition) is 1. The number of sulfonamides is 1.